The predicted octanol–water partition coefficient (Wildman–Crippen LogP) is 3.78. The Hall–Kier alpha value is -2.00. The maximum atomic E-state index is 12.0. The summed E-state index contributed by atoms with van der Waals surface area (Å²) in [7, 11) is 0. The molecule has 0 aliphatic rings. The molecule has 2 aromatic rings. The van der Waals surface area contributed by atoms with E-state index in [1.165, 1.54) is 0 Å². The van der Waals surface area contributed by atoms with Crippen molar-refractivity contribution in [3.8, 4) is 0 Å². The van der Waals surface area contributed by atoms with E-state index < -0.39 is 0 Å². The molecule has 0 aliphatic heterocycles. The third-order valence-electron chi connectivity index (χ3n) is 2.64. The zero-order valence-corrected chi connectivity index (χ0v) is 11.3. The van der Waals surface area contributed by atoms with Gasteiger partial charge in [0.1, 0.15) is 6.04 Å². The predicted molar refractivity (Wildman–Crippen MR) is 79.6 cm³/mol. The molecule has 19 heavy (non-hydrogen) atoms. The molecular weight excluding hydrogens is 260 g/mol. The number of hydrogen-bond acceptors (Lipinski definition) is 2. The van der Waals surface area contributed by atoms with Crippen molar-refractivity contribution < 1.29 is 4.79 Å². The smallest absolute Gasteiger partial charge is 0.246 e. The first-order valence-electron chi connectivity index (χ1n) is 6.03. The third kappa shape index (κ3) is 4.00. The molecule has 2 aromatic carbocycles. The van der Waals surface area contributed by atoms with Gasteiger partial charge >= 0.3 is 0 Å². The Bertz CT molecular complexity index is 557. The van der Waals surface area contributed by atoms with Crippen molar-refractivity contribution in [2.45, 2.75) is 13.0 Å². The van der Waals surface area contributed by atoms with Gasteiger partial charge in [0, 0.05) is 16.4 Å². The number of anilines is 2. The number of rotatable bonds is 4. The Balaban J connectivity index is 1.96. The minimum absolute atomic E-state index is 0.0915. The number of halogens is 1. The van der Waals surface area contributed by atoms with Crippen LogP contribution in [-0.4, -0.2) is 11.9 Å². The van der Waals surface area contributed by atoms with Crippen LogP contribution in [0.1, 0.15) is 6.92 Å². The van der Waals surface area contributed by atoms with E-state index >= 15 is 0 Å². The van der Waals surface area contributed by atoms with Crippen molar-refractivity contribution in [1.82, 2.24) is 0 Å². The number of amides is 1. The van der Waals surface area contributed by atoms with Gasteiger partial charge in [0.05, 0.1) is 0 Å². The van der Waals surface area contributed by atoms with E-state index in [2.05, 4.69) is 10.6 Å². The average molecular weight is 275 g/mol. The van der Waals surface area contributed by atoms with Crippen LogP contribution >= 0.6 is 11.6 Å². The summed E-state index contributed by atoms with van der Waals surface area (Å²) in [6.45, 7) is 1.80. The molecule has 2 rings (SSSR count). The van der Waals surface area contributed by atoms with Crippen LogP contribution in [0.15, 0.2) is 54.6 Å². The molecule has 0 aromatic heterocycles. The Kier molecular flexibility index (Phi) is 4.42. The van der Waals surface area contributed by atoms with E-state index in [1.54, 1.807) is 19.1 Å². The Morgan fingerprint density at radius 2 is 1.74 bits per heavy atom. The first-order chi connectivity index (χ1) is 9.15. The molecule has 2 N–H and O–H groups in total. The SMILES string of the molecule is CC(Nc1cccc(Cl)c1)C(=O)Nc1ccccc1. The molecule has 1 amide bonds. The lowest BCUT2D eigenvalue weighted by atomic mass is 10.2. The van der Waals surface area contributed by atoms with Gasteiger partial charge in [0.15, 0.2) is 0 Å². The van der Waals surface area contributed by atoms with E-state index in [1.807, 2.05) is 42.5 Å². The highest BCUT2D eigenvalue weighted by molar-refractivity contribution is 6.30. The van der Waals surface area contributed by atoms with E-state index in [4.69, 9.17) is 11.6 Å². The number of carbonyl (C=O) groups is 1. The third-order valence-corrected chi connectivity index (χ3v) is 2.88. The van der Waals surface area contributed by atoms with Crippen molar-refractivity contribution in [1.29, 1.82) is 0 Å². The second-order valence-corrected chi connectivity index (χ2v) is 4.67. The normalized spacial score (nSPS) is 11.7. The Morgan fingerprint density at radius 3 is 2.42 bits per heavy atom. The van der Waals surface area contributed by atoms with Crippen molar-refractivity contribution in [3.63, 3.8) is 0 Å². The van der Waals surface area contributed by atoms with Crippen molar-refractivity contribution in [3.05, 3.63) is 59.6 Å². The quantitative estimate of drug-likeness (QED) is 0.891. The van der Waals surface area contributed by atoms with Gasteiger partial charge in [-0.2, -0.15) is 0 Å². The van der Waals surface area contributed by atoms with Gasteiger partial charge in [-0.05, 0) is 37.3 Å². The van der Waals surface area contributed by atoms with Crippen LogP contribution in [0.4, 0.5) is 11.4 Å². The lowest BCUT2D eigenvalue weighted by Crippen LogP contribution is -2.31. The summed E-state index contributed by atoms with van der Waals surface area (Å²) in [6, 6.07) is 16.3. The van der Waals surface area contributed by atoms with Crippen molar-refractivity contribution in [2.75, 3.05) is 10.6 Å². The summed E-state index contributed by atoms with van der Waals surface area (Å²) in [5.74, 6) is -0.0915. The van der Waals surface area contributed by atoms with Crippen LogP contribution in [0.2, 0.25) is 5.02 Å². The Morgan fingerprint density at radius 1 is 1.05 bits per heavy atom. The zero-order chi connectivity index (χ0) is 13.7. The number of benzene rings is 2. The first kappa shape index (κ1) is 13.4. The zero-order valence-electron chi connectivity index (χ0n) is 10.6. The molecule has 0 fully saturated rings. The van der Waals surface area contributed by atoms with E-state index in [0.717, 1.165) is 11.4 Å². The number of para-hydroxylation sites is 1. The number of nitrogens with one attached hydrogen (secondary N) is 2. The van der Waals surface area contributed by atoms with Crippen LogP contribution in [0.25, 0.3) is 0 Å². The van der Waals surface area contributed by atoms with Crippen LogP contribution in [-0.2, 0) is 4.79 Å². The van der Waals surface area contributed by atoms with Gasteiger partial charge in [-0.3, -0.25) is 4.79 Å². The first-order valence-corrected chi connectivity index (χ1v) is 6.41. The Labute approximate surface area is 117 Å². The van der Waals surface area contributed by atoms with Gasteiger partial charge in [-0.15, -0.1) is 0 Å². The van der Waals surface area contributed by atoms with Crippen LogP contribution in [0.5, 0.6) is 0 Å². The topological polar surface area (TPSA) is 41.1 Å². The fraction of sp³-hybridized carbons (Fsp3) is 0.133. The van der Waals surface area contributed by atoms with Gasteiger partial charge in [0.2, 0.25) is 5.91 Å². The van der Waals surface area contributed by atoms with Crippen LogP contribution in [0, 0.1) is 0 Å². The van der Waals surface area contributed by atoms with Crippen molar-refractivity contribution in [2.24, 2.45) is 0 Å². The number of carbonyl (C=O) groups excluding carboxylic acids is 1. The number of hydrogen-bond donors (Lipinski definition) is 2. The maximum Gasteiger partial charge on any atom is 0.246 e. The second-order valence-electron chi connectivity index (χ2n) is 4.23. The van der Waals surface area contributed by atoms with E-state index in [9.17, 15) is 4.79 Å². The van der Waals surface area contributed by atoms with E-state index in [-0.39, 0.29) is 11.9 Å². The highest BCUT2D eigenvalue weighted by atomic mass is 35.5. The van der Waals surface area contributed by atoms with Gasteiger partial charge in [-0.25, -0.2) is 0 Å². The minimum Gasteiger partial charge on any atom is -0.374 e. The highest BCUT2D eigenvalue weighted by Gasteiger charge is 2.12. The van der Waals surface area contributed by atoms with Gasteiger partial charge in [-0.1, -0.05) is 35.9 Å². The van der Waals surface area contributed by atoms with Gasteiger partial charge in [0.25, 0.3) is 0 Å². The molecule has 0 aliphatic carbocycles. The van der Waals surface area contributed by atoms with Gasteiger partial charge < -0.3 is 10.6 Å². The molecule has 0 saturated heterocycles. The largest absolute Gasteiger partial charge is 0.374 e. The molecule has 0 radical (unpaired) electrons. The summed E-state index contributed by atoms with van der Waals surface area (Å²) < 4.78 is 0. The van der Waals surface area contributed by atoms with Crippen LogP contribution < -0.4 is 10.6 Å². The minimum atomic E-state index is -0.348. The molecule has 0 heterocycles. The molecule has 1 unspecified atom stereocenters. The van der Waals surface area contributed by atoms with Crippen LogP contribution in [0.3, 0.4) is 0 Å². The van der Waals surface area contributed by atoms with Crippen molar-refractivity contribution >= 4 is 28.9 Å². The molecule has 4 heteroatoms. The summed E-state index contributed by atoms with van der Waals surface area (Å²) in [4.78, 5) is 12.0. The molecule has 1 atom stereocenters. The summed E-state index contributed by atoms with van der Waals surface area (Å²) in [5, 5.41) is 6.59. The van der Waals surface area contributed by atoms with E-state index in [0.29, 0.717) is 5.02 Å². The molecule has 0 spiro atoms. The molecule has 0 saturated carbocycles. The summed E-state index contributed by atoms with van der Waals surface area (Å²) >= 11 is 5.90. The molecular formula is C15H15ClN2O. The average Bonchev–Trinajstić information content (AvgIpc) is 2.40. The second kappa shape index (κ2) is 6.25. The summed E-state index contributed by atoms with van der Waals surface area (Å²) in [5.41, 5.74) is 1.61. The lowest BCUT2D eigenvalue weighted by Gasteiger charge is -2.15. The monoisotopic (exact) mass is 274 g/mol. The molecule has 98 valence electrons. The lowest BCUT2D eigenvalue weighted by molar-refractivity contribution is -0.116. The molecule has 3 nitrogen and oxygen atoms in total. The fourth-order valence-corrected chi connectivity index (χ4v) is 1.86. The fourth-order valence-electron chi connectivity index (χ4n) is 1.67. The molecule has 0 bridgehead atoms. The highest BCUT2D eigenvalue weighted by Crippen LogP contribution is 2.16. The standard InChI is InChI=1S/C15H15ClN2O/c1-11(17-14-9-5-6-12(16)10-14)15(19)18-13-7-3-2-4-8-13/h2-11,17H,1H3,(H,18,19). The summed E-state index contributed by atoms with van der Waals surface area (Å²) in [6.07, 6.45) is 0. The maximum absolute atomic E-state index is 12.0.